The van der Waals surface area contributed by atoms with Gasteiger partial charge in [-0.05, 0) is 30.3 Å². The molecule has 116 valence electrons. The van der Waals surface area contributed by atoms with Gasteiger partial charge in [-0.2, -0.15) is 4.39 Å². The number of hydrogen-bond donors (Lipinski definition) is 1. The number of aromatic nitrogens is 1. The Morgan fingerprint density at radius 3 is 2.35 bits per heavy atom. The highest BCUT2D eigenvalue weighted by molar-refractivity contribution is 5.38. The van der Waals surface area contributed by atoms with Crippen molar-refractivity contribution in [2.75, 3.05) is 0 Å². The molecule has 0 radical (unpaired) electrons. The van der Waals surface area contributed by atoms with Crippen LogP contribution in [0.1, 0.15) is 11.9 Å². The number of phenolic OH excluding ortho intramolecular Hbond substituents is 1. The molecular formula is C18H14FNO3. The minimum Gasteiger partial charge on any atom is -0.508 e. The number of halogens is 1. The molecule has 0 aliphatic heterocycles. The van der Waals surface area contributed by atoms with E-state index in [0.29, 0.717) is 11.3 Å². The second-order valence-electron chi connectivity index (χ2n) is 4.93. The highest BCUT2D eigenvalue weighted by Crippen LogP contribution is 2.22. The lowest BCUT2D eigenvalue weighted by molar-refractivity contribution is 0.0669. The molecule has 4 nitrogen and oxygen atoms in total. The van der Waals surface area contributed by atoms with Crippen molar-refractivity contribution in [3.63, 3.8) is 0 Å². The topological polar surface area (TPSA) is 51.5 Å². The molecule has 5 heteroatoms. The number of ether oxygens (including phenoxy) is 1. The van der Waals surface area contributed by atoms with Crippen molar-refractivity contribution >= 4 is 0 Å². The Labute approximate surface area is 132 Å². The van der Waals surface area contributed by atoms with Gasteiger partial charge >= 0.3 is 0 Å². The van der Waals surface area contributed by atoms with Gasteiger partial charge in [-0.15, -0.1) is 0 Å². The van der Waals surface area contributed by atoms with Crippen molar-refractivity contribution in [1.82, 2.24) is 4.57 Å². The smallest absolute Gasteiger partial charge is 0.264 e. The Bertz CT molecular complexity index is 844. The number of aromatic hydroxyl groups is 1. The second kappa shape index (κ2) is 6.36. The Kier molecular flexibility index (Phi) is 4.10. The van der Waals surface area contributed by atoms with Crippen molar-refractivity contribution in [2.45, 2.75) is 6.36 Å². The fraction of sp³-hybridized carbons (Fsp3) is 0.0556. The number of benzene rings is 2. The molecule has 3 rings (SSSR count). The summed E-state index contributed by atoms with van der Waals surface area (Å²) in [5.74, 6) is 0.270. The summed E-state index contributed by atoms with van der Waals surface area (Å²) in [6.45, 7) is 0. The summed E-state index contributed by atoms with van der Waals surface area (Å²) in [6, 6.07) is 17.4. The zero-order valence-electron chi connectivity index (χ0n) is 12.1. The van der Waals surface area contributed by atoms with Gasteiger partial charge in [0.2, 0.25) is 0 Å². The summed E-state index contributed by atoms with van der Waals surface area (Å²) in [7, 11) is 0. The maximum absolute atomic E-state index is 14.1. The molecule has 1 N–H and O–H groups in total. The molecule has 1 unspecified atom stereocenters. The Morgan fingerprint density at radius 1 is 1.00 bits per heavy atom. The highest BCUT2D eigenvalue weighted by Gasteiger charge is 2.11. The van der Waals surface area contributed by atoms with E-state index in [0.717, 1.165) is 0 Å². The predicted molar refractivity (Wildman–Crippen MR) is 84.6 cm³/mol. The van der Waals surface area contributed by atoms with Crippen LogP contribution in [0.25, 0.3) is 5.69 Å². The van der Waals surface area contributed by atoms with Gasteiger partial charge in [0, 0.05) is 23.5 Å². The minimum absolute atomic E-state index is 0.116. The van der Waals surface area contributed by atoms with Gasteiger partial charge in [0.15, 0.2) is 0 Å². The van der Waals surface area contributed by atoms with Crippen LogP contribution in [0.5, 0.6) is 11.5 Å². The van der Waals surface area contributed by atoms with Gasteiger partial charge in [0.1, 0.15) is 11.5 Å². The molecular weight excluding hydrogens is 297 g/mol. The average Bonchev–Trinajstić information content (AvgIpc) is 2.57. The van der Waals surface area contributed by atoms with Crippen LogP contribution in [0.3, 0.4) is 0 Å². The normalized spacial score (nSPS) is 11.9. The summed E-state index contributed by atoms with van der Waals surface area (Å²) in [6.07, 6.45) is -0.137. The third-order valence-electron chi connectivity index (χ3n) is 3.32. The van der Waals surface area contributed by atoms with Crippen LogP contribution in [0.2, 0.25) is 0 Å². The van der Waals surface area contributed by atoms with Crippen LogP contribution in [-0.4, -0.2) is 9.67 Å². The third kappa shape index (κ3) is 3.40. The van der Waals surface area contributed by atoms with E-state index in [1.807, 2.05) is 0 Å². The molecule has 0 spiro atoms. The maximum atomic E-state index is 14.1. The minimum atomic E-state index is -1.64. The van der Waals surface area contributed by atoms with Crippen LogP contribution in [-0.2, 0) is 0 Å². The fourth-order valence-electron chi connectivity index (χ4n) is 2.15. The average molecular weight is 311 g/mol. The zero-order chi connectivity index (χ0) is 16.2. The van der Waals surface area contributed by atoms with E-state index in [4.69, 9.17) is 4.74 Å². The van der Waals surface area contributed by atoms with Crippen molar-refractivity contribution in [2.24, 2.45) is 0 Å². The van der Waals surface area contributed by atoms with Crippen LogP contribution < -0.4 is 10.3 Å². The lowest BCUT2D eigenvalue weighted by Crippen LogP contribution is -2.17. The van der Waals surface area contributed by atoms with Crippen molar-refractivity contribution in [3.8, 4) is 17.2 Å². The fourth-order valence-corrected chi connectivity index (χ4v) is 2.15. The van der Waals surface area contributed by atoms with Gasteiger partial charge in [0.05, 0.1) is 0 Å². The zero-order valence-corrected chi connectivity index (χ0v) is 12.1. The van der Waals surface area contributed by atoms with Crippen molar-refractivity contribution < 1.29 is 14.2 Å². The number of rotatable bonds is 4. The molecule has 0 saturated heterocycles. The van der Waals surface area contributed by atoms with E-state index in [1.165, 1.54) is 35.0 Å². The largest absolute Gasteiger partial charge is 0.508 e. The molecule has 23 heavy (non-hydrogen) atoms. The number of hydrogen-bond acceptors (Lipinski definition) is 3. The van der Waals surface area contributed by atoms with Gasteiger partial charge in [-0.1, -0.05) is 30.3 Å². The first kappa shape index (κ1) is 14.8. The third-order valence-corrected chi connectivity index (χ3v) is 3.32. The molecule has 0 aliphatic carbocycles. The van der Waals surface area contributed by atoms with Gasteiger partial charge < -0.3 is 9.84 Å². The monoisotopic (exact) mass is 311 g/mol. The van der Waals surface area contributed by atoms with Crippen LogP contribution in [0.15, 0.2) is 77.7 Å². The molecule has 1 atom stereocenters. The molecule has 2 aromatic carbocycles. The number of pyridine rings is 1. The lowest BCUT2D eigenvalue weighted by atomic mass is 10.2. The van der Waals surface area contributed by atoms with Crippen LogP contribution >= 0.6 is 0 Å². The second-order valence-corrected chi connectivity index (χ2v) is 4.93. The van der Waals surface area contributed by atoms with E-state index in [1.54, 1.807) is 42.5 Å². The van der Waals surface area contributed by atoms with Gasteiger partial charge in [-0.3, -0.25) is 9.36 Å². The molecule has 3 aromatic rings. The summed E-state index contributed by atoms with van der Waals surface area (Å²) >= 11 is 0. The number of alkyl halides is 1. The first-order valence-electron chi connectivity index (χ1n) is 7.01. The quantitative estimate of drug-likeness (QED) is 0.801. The van der Waals surface area contributed by atoms with Gasteiger partial charge in [-0.25, -0.2) is 0 Å². The summed E-state index contributed by atoms with van der Waals surface area (Å²) < 4.78 is 20.6. The van der Waals surface area contributed by atoms with Crippen molar-refractivity contribution in [1.29, 1.82) is 0 Å². The lowest BCUT2D eigenvalue weighted by Gasteiger charge is -2.12. The molecule has 1 heterocycles. The van der Waals surface area contributed by atoms with Crippen molar-refractivity contribution in [3.05, 3.63) is 88.8 Å². The van der Waals surface area contributed by atoms with Crippen LogP contribution in [0.4, 0.5) is 4.39 Å². The highest BCUT2D eigenvalue weighted by atomic mass is 19.1. The van der Waals surface area contributed by atoms with Crippen LogP contribution in [0, 0.1) is 0 Å². The molecule has 0 bridgehead atoms. The molecule has 0 amide bonds. The summed E-state index contributed by atoms with van der Waals surface area (Å²) in [5.41, 5.74) is 0.628. The first-order chi connectivity index (χ1) is 11.1. The summed E-state index contributed by atoms with van der Waals surface area (Å²) in [5, 5.41) is 9.28. The van der Waals surface area contributed by atoms with E-state index < -0.39 is 6.36 Å². The maximum Gasteiger partial charge on any atom is 0.264 e. The van der Waals surface area contributed by atoms with Gasteiger partial charge in [0.25, 0.3) is 11.9 Å². The van der Waals surface area contributed by atoms with E-state index in [-0.39, 0.29) is 17.1 Å². The molecule has 1 aromatic heterocycles. The van der Waals surface area contributed by atoms with E-state index >= 15 is 0 Å². The number of nitrogens with zero attached hydrogens (tertiary/aromatic N) is 1. The first-order valence-corrected chi connectivity index (χ1v) is 7.01. The standard InChI is InChI=1S/C18H14FNO3/c19-18(13-4-2-1-3-5-13)23-16-10-11-20(17(22)12-16)14-6-8-15(21)9-7-14/h1-12,18,21H. The molecule has 0 saturated carbocycles. The Balaban J connectivity index is 1.82. The number of phenols is 1. The molecule has 0 fully saturated rings. The van der Waals surface area contributed by atoms with E-state index in [9.17, 15) is 14.3 Å². The Morgan fingerprint density at radius 2 is 1.70 bits per heavy atom. The van der Waals surface area contributed by atoms with E-state index in [2.05, 4.69) is 0 Å². The Hall–Kier alpha value is -3.08. The molecule has 0 aliphatic rings. The SMILES string of the molecule is O=c1cc(OC(F)c2ccccc2)ccn1-c1ccc(O)cc1. The predicted octanol–water partition coefficient (Wildman–Crippen LogP) is 3.59. The summed E-state index contributed by atoms with van der Waals surface area (Å²) in [4.78, 5) is 12.1.